The van der Waals surface area contributed by atoms with Gasteiger partial charge >= 0.3 is 0 Å². The van der Waals surface area contributed by atoms with E-state index in [0.29, 0.717) is 0 Å². The number of rotatable bonds is 5. The zero-order chi connectivity index (χ0) is 10.4. The molecule has 84 valence electrons. The van der Waals surface area contributed by atoms with Crippen LogP contribution < -0.4 is 5.32 Å². The Morgan fingerprint density at radius 1 is 1.50 bits per heavy atom. The van der Waals surface area contributed by atoms with Crippen molar-refractivity contribution in [1.82, 2.24) is 5.32 Å². The van der Waals surface area contributed by atoms with E-state index in [2.05, 4.69) is 5.32 Å². The molecule has 1 aliphatic heterocycles. The quantitative estimate of drug-likeness (QED) is 0.742. The maximum absolute atomic E-state index is 11.1. The monoisotopic (exact) mass is 219 g/mol. The molecule has 1 N–H and O–H groups in total. The molecule has 14 heavy (non-hydrogen) atoms. The van der Waals surface area contributed by atoms with E-state index in [4.69, 9.17) is 4.74 Å². The molecular weight excluding hydrogens is 198 g/mol. The Balaban J connectivity index is 2.05. The van der Waals surface area contributed by atoms with Gasteiger partial charge in [0.1, 0.15) is 0 Å². The third-order valence-electron chi connectivity index (χ3n) is 2.77. The van der Waals surface area contributed by atoms with E-state index in [1.807, 2.05) is 6.92 Å². The van der Waals surface area contributed by atoms with Crippen LogP contribution in [0.4, 0.5) is 0 Å². The standard InChI is InChI=1S/C10H21NO2S/c1-9(14(2)12)7-11-8-10-3-5-13-6-4-10/h9-11H,3-8H2,1-2H3. The lowest BCUT2D eigenvalue weighted by Crippen LogP contribution is -2.33. The first-order valence-corrected chi connectivity index (χ1v) is 6.93. The molecule has 2 atom stereocenters. The Hall–Kier alpha value is 0.0700. The molecule has 0 aromatic carbocycles. The SMILES string of the molecule is CC(CNCC1CCOCC1)S(C)=O. The van der Waals surface area contributed by atoms with Gasteiger partial charge in [-0.05, 0) is 32.2 Å². The van der Waals surface area contributed by atoms with Gasteiger partial charge in [0.2, 0.25) is 0 Å². The van der Waals surface area contributed by atoms with Crippen LogP contribution in [0, 0.1) is 5.92 Å². The van der Waals surface area contributed by atoms with Crippen LogP contribution in [0.3, 0.4) is 0 Å². The second-order valence-corrected chi connectivity index (χ2v) is 5.83. The number of ether oxygens (including phenoxy) is 1. The Morgan fingerprint density at radius 2 is 2.14 bits per heavy atom. The number of nitrogens with one attached hydrogen (secondary N) is 1. The highest BCUT2D eigenvalue weighted by Crippen LogP contribution is 2.13. The molecule has 0 radical (unpaired) electrons. The van der Waals surface area contributed by atoms with Crippen LogP contribution in [-0.4, -0.2) is 42.0 Å². The summed E-state index contributed by atoms with van der Waals surface area (Å²) in [5.41, 5.74) is 0. The van der Waals surface area contributed by atoms with E-state index in [-0.39, 0.29) is 5.25 Å². The topological polar surface area (TPSA) is 38.3 Å². The van der Waals surface area contributed by atoms with Gasteiger partial charge in [0.25, 0.3) is 0 Å². The molecule has 1 rings (SSSR count). The average Bonchev–Trinajstić information content (AvgIpc) is 2.19. The van der Waals surface area contributed by atoms with E-state index in [1.54, 1.807) is 6.26 Å². The van der Waals surface area contributed by atoms with Crippen molar-refractivity contribution in [3.63, 3.8) is 0 Å². The Labute approximate surface area is 89.1 Å². The minimum atomic E-state index is -0.704. The first-order valence-electron chi connectivity index (χ1n) is 5.31. The second kappa shape index (κ2) is 6.53. The van der Waals surface area contributed by atoms with Gasteiger partial charge in [-0.25, -0.2) is 0 Å². The van der Waals surface area contributed by atoms with Gasteiger partial charge in [-0.2, -0.15) is 0 Å². The van der Waals surface area contributed by atoms with Crippen LogP contribution in [0.15, 0.2) is 0 Å². The Kier molecular flexibility index (Phi) is 5.67. The molecule has 0 amide bonds. The van der Waals surface area contributed by atoms with Gasteiger partial charge in [-0.1, -0.05) is 0 Å². The Bertz CT molecular complexity index is 181. The van der Waals surface area contributed by atoms with Crippen molar-refractivity contribution < 1.29 is 8.95 Å². The fourth-order valence-electron chi connectivity index (χ4n) is 1.56. The minimum Gasteiger partial charge on any atom is -0.381 e. The first kappa shape index (κ1) is 12.1. The van der Waals surface area contributed by atoms with Gasteiger partial charge in [0.15, 0.2) is 0 Å². The summed E-state index contributed by atoms with van der Waals surface area (Å²) < 4.78 is 16.4. The molecule has 1 saturated heterocycles. The lowest BCUT2D eigenvalue weighted by molar-refractivity contribution is 0.0664. The maximum atomic E-state index is 11.1. The van der Waals surface area contributed by atoms with E-state index >= 15 is 0 Å². The molecular formula is C10H21NO2S. The zero-order valence-corrected chi connectivity index (χ0v) is 9.94. The van der Waals surface area contributed by atoms with Gasteiger partial charge in [-0.3, -0.25) is 4.21 Å². The summed E-state index contributed by atoms with van der Waals surface area (Å²) in [7, 11) is -0.704. The average molecular weight is 219 g/mol. The lowest BCUT2D eigenvalue weighted by Gasteiger charge is -2.22. The molecule has 0 bridgehead atoms. The van der Waals surface area contributed by atoms with Crippen LogP contribution in [0.1, 0.15) is 19.8 Å². The highest BCUT2D eigenvalue weighted by molar-refractivity contribution is 7.84. The van der Waals surface area contributed by atoms with Gasteiger partial charge in [-0.15, -0.1) is 0 Å². The highest BCUT2D eigenvalue weighted by Gasteiger charge is 2.13. The third kappa shape index (κ3) is 4.53. The molecule has 1 aliphatic rings. The normalized spacial score (nSPS) is 23.3. The summed E-state index contributed by atoms with van der Waals surface area (Å²) in [6.07, 6.45) is 4.09. The zero-order valence-electron chi connectivity index (χ0n) is 9.12. The molecule has 0 aromatic heterocycles. The molecule has 4 heteroatoms. The second-order valence-electron chi connectivity index (χ2n) is 4.02. The molecule has 0 spiro atoms. The van der Waals surface area contributed by atoms with Gasteiger partial charge in [0, 0.05) is 42.1 Å². The summed E-state index contributed by atoms with van der Waals surface area (Å²) in [5, 5.41) is 3.65. The lowest BCUT2D eigenvalue weighted by atomic mass is 10.0. The van der Waals surface area contributed by atoms with Crippen molar-refractivity contribution in [3.05, 3.63) is 0 Å². The summed E-state index contributed by atoms with van der Waals surface area (Å²) in [6.45, 7) is 5.74. The van der Waals surface area contributed by atoms with Crippen LogP contribution in [0.2, 0.25) is 0 Å². The molecule has 2 unspecified atom stereocenters. The third-order valence-corrected chi connectivity index (χ3v) is 4.07. The van der Waals surface area contributed by atoms with Crippen molar-refractivity contribution in [2.24, 2.45) is 5.92 Å². The smallest absolute Gasteiger partial charge is 0.0469 e. The van der Waals surface area contributed by atoms with Crippen LogP contribution >= 0.6 is 0 Å². The number of hydrogen-bond donors (Lipinski definition) is 1. The van der Waals surface area contributed by atoms with E-state index in [1.165, 1.54) is 0 Å². The minimum absolute atomic E-state index is 0.259. The molecule has 1 heterocycles. The van der Waals surface area contributed by atoms with E-state index in [9.17, 15) is 4.21 Å². The summed E-state index contributed by atoms with van der Waals surface area (Å²) >= 11 is 0. The predicted octanol–water partition coefficient (Wildman–Crippen LogP) is 0.770. The fourth-order valence-corrected chi connectivity index (χ4v) is 1.91. The summed E-state index contributed by atoms with van der Waals surface area (Å²) in [4.78, 5) is 0. The van der Waals surface area contributed by atoms with Crippen molar-refractivity contribution in [2.45, 2.75) is 25.0 Å². The van der Waals surface area contributed by atoms with Gasteiger partial charge < -0.3 is 10.1 Å². The molecule has 0 aliphatic carbocycles. The van der Waals surface area contributed by atoms with Crippen molar-refractivity contribution >= 4 is 10.8 Å². The van der Waals surface area contributed by atoms with Crippen LogP contribution in [0.25, 0.3) is 0 Å². The van der Waals surface area contributed by atoms with E-state index in [0.717, 1.165) is 45.1 Å². The van der Waals surface area contributed by atoms with Crippen molar-refractivity contribution in [1.29, 1.82) is 0 Å². The van der Waals surface area contributed by atoms with E-state index < -0.39 is 10.8 Å². The fraction of sp³-hybridized carbons (Fsp3) is 1.00. The van der Waals surface area contributed by atoms with Crippen LogP contribution in [-0.2, 0) is 15.5 Å². The number of hydrogen-bond acceptors (Lipinski definition) is 3. The molecule has 0 aromatic rings. The first-order chi connectivity index (χ1) is 6.70. The Morgan fingerprint density at radius 3 is 2.71 bits per heavy atom. The summed E-state index contributed by atoms with van der Waals surface area (Å²) in [6, 6.07) is 0. The van der Waals surface area contributed by atoms with Crippen molar-refractivity contribution in [2.75, 3.05) is 32.6 Å². The van der Waals surface area contributed by atoms with Gasteiger partial charge in [0.05, 0.1) is 0 Å². The molecule has 1 fully saturated rings. The molecule has 0 saturated carbocycles. The predicted molar refractivity (Wildman–Crippen MR) is 59.9 cm³/mol. The largest absolute Gasteiger partial charge is 0.381 e. The maximum Gasteiger partial charge on any atom is 0.0469 e. The summed E-state index contributed by atoms with van der Waals surface area (Å²) in [5.74, 6) is 0.751. The van der Waals surface area contributed by atoms with Crippen molar-refractivity contribution in [3.8, 4) is 0 Å². The highest BCUT2D eigenvalue weighted by atomic mass is 32.2. The molecule has 3 nitrogen and oxygen atoms in total. The van der Waals surface area contributed by atoms with Crippen LogP contribution in [0.5, 0.6) is 0 Å².